The zero-order valence-corrected chi connectivity index (χ0v) is 15.3. The summed E-state index contributed by atoms with van der Waals surface area (Å²) in [7, 11) is 0. The van der Waals surface area contributed by atoms with Gasteiger partial charge in [0.25, 0.3) is 5.91 Å². The Kier molecular flexibility index (Phi) is 4.33. The third-order valence-corrected chi connectivity index (χ3v) is 6.47. The summed E-state index contributed by atoms with van der Waals surface area (Å²) >= 11 is 0. The highest BCUT2D eigenvalue weighted by Gasteiger charge is 2.55. The molecule has 2 atom stereocenters. The van der Waals surface area contributed by atoms with Gasteiger partial charge in [-0.05, 0) is 61.6 Å². The van der Waals surface area contributed by atoms with E-state index in [2.05, 4.69) is 5.32 Å². The normalized spacial score (nSPS) is 28.2. The topological polar surface area (TPSA) is 66.5 Å². The highest BCUT2D eigenvalue weighted by Crippen LogP contribution is 2.38. The summed E-state index contributed by atoms with van der Waals surface area (Å²) in [5, 5.41) is 2.91. The van der Waals surface area contributed by atoms with E-state index in [0.29, 0.717) is 12.0 Å². The van der Waals surface area contributed by atoms with E-state index in [1.165, 1.54) is 17.5 Å². The van der Waals surface area contributed by atoms with Gasteiger partial charge >= 0.3 is 6.03 Å². The molecule has 1 aromatic carbocycles. The van der Waals surface area contributed by atoms with Crippen LogP contribution in [0.15, 0.2) is 18.2 Å². The lowest BCUT2D eigenvalue weighted by Crippen LogP contribution is -2.54. The molecule has 4 rings (SSSR count). The average Bonchev–Trinajstić information content (AvgIpc) is 2.89. The van der Waals surface area contributed by atoms with Crippen LogP contribution < -0.4 is 5.32 Å². The molecule has 1 spiro atoms. The van der Waals surface area contributed by atoms with Gasteiger partial charge in [-0.25, -0.2) is 4.79 Å². The maximum absolute atomic E-state index is 13.0. The number of urea groups is 1. The van der Waals surface area contributed by atoms with Crippen LogP contribution in [0.2, 0.25) is 0 Å². The molecule has 1 saturated carbocycles. The first-order chi connectivity index (χ1) is 12.5. The molecule has 26 heavy (non-hydrogen) atoms. The second-order valence-electron chi connectivity index (χ2n) is 8.05. The van der Waals surface area contributed by atoms with Crippen molar-refractivity contribution in [3.63, 3.8) is 0 Å². The first kappa shape index (κ1) is 17.3. The van der Waals surface area contributed by atoms with Crippen LogP contribution in [0.3, 0.4) is 0 Å². The molecule has 1 N–H and O–H groups in total. The van der Waals surface area contributed by atoms with E-state index in [1.54, 1.807) is 0 Å². The number of rotatable bonds is 3. The second-order valence-corrected chi connectivity index (χ2v) is 8.05. The van der Waals surface area contributed by atoms with Gasteiger partial charge in [-0.15, -0.1) is 0 Å². The summed E-state index contributed by atoms with van der Waals surface area (Å²) in [5.74, 6) is -0.278. The van der Waals surface area contributed by atoms with Crippen molar-refractivity contribution in [1.82, 2.24) is 10.2 Å². The van der Waals surface area contributed by atoms with Crippen LogP contribution in [-0.2, 0) is 17.6 Å². The Hall–Kier alpha value is -2.17. The molecule has 3 amide bonds. The maximum atomic E-state index is 13.0. The van der Waals surface area contributed by atoms with Crippen LogP contribution in [0.25, 0.3) is 0 Å². The van der Waals surface area contributed by atoms with Crippen molar-refractivity contribution in [1.29, 1.82) is 0 Å². The van der Waals surface area contributed by atoms with E-state index in [4.69, 9.17) is 0 Å². The van der Waals surface area contributed by atoms with Gasteiger partial charge in [-0.3, -0.25) is 14.5 Å². The number of nitrogens with zero attached hydrogens (tertiary/aromatic N) is 1. The molecule has 3 aliphatic rings. The molecule has 1 saturated heterocycles. The minimum atomic E-state index is -0.800. The van der Waals surface area contributed by atoms with Crippen molar-refractivity contribution in [2.24, 2.45) is 5.92 Å². The van der Waals surface area contributed by atoms with Crippen molar-refractivity contribution in [3.05, 3.63) is 34.9 Å². The van der Waals surface area contributed by atoms with E-state index in [0.717, 1.165) is 43.4 Å². The maximum Gasteiger partial charge on any atom is 0.325 e. The standard InChI is InChI=1S/C21H26N2O3/c1-14-6-4-5-11-21(14)19(25)23(20(26)22-21)13-18(24)17-10-9-15-7-2-3-8-16(15)12-17/h9-10,12,14H,2-8,11,13H2,1H3,(H,22,26)/t14-,21+/m0/s1. The van der Waals surface area contributed by atoms with E-state index >= 15 is 0 Å². The summed E-state index contributed by atoms with van der Waals surface area (Å²) in [6.07, 6.45) is 8.03. The fourth-order valence-corrected chi connectivity index (χ4v) is 4.78. The molecule has 1 aromatic rings. The molecular weight excluding hydrogens is 328 g/mol. The number of nitrogens with one attached hydrogen (secondary N) is 1. The molecule has 1 heterocycles. The predicted octanol–water partition coefficient (Wildman–Crippen LogP) is 3.25. The Morgan fingerprint density at radius 2 is 1.92 bits per heavy atom. The number of imide groups is 1. The fourth-order valence-electron chi connectivity index (χ4n) is 4.78. The summed E-state index contributed by atoms with van der Waals surface area (Å²) in [6, 6.07) is 5.39. The number of amides is 3. The number of fused-ring (bicyclic) bond motifs is 1. The van der Waals surface area contributed by atoms with E-state index < -0.39 is 11.6 Å². The average molecular weight is 354 g/mol. The van der Waals surface area contributed by atoms with Crippen molar-refractivity contribution in [2.45, 2.75) is 63.8 Å². The van der Waals surface area contributed by atoms with Crippen LogP contribution in [0.4, 0.5) is 4.79 Å². The Morgan fingerprint density at radius 1 is 1.15 bits per heavy atom. The van der Waals surface area contributed by atoms with Crippen molar-refractivity contribution < 1.29 is 14.4 Å². The summed E-state index contributed by atoms with van der Waals surface area (Å²) < 4.78 is 0. The molecule has 2 aliphatic carbocycles. The Morgan fingerprint density at radius 3 is 2.69 bits per heavy atom. The van der Waals surface area contributed by atoms with Gasteiger partial charge in [0, 0.05) is 5.56 Å². The molecule has 0 bridgehead atoms. The number of Topliss-reactive ketones (excluding diaryl/α,β-unsaturated/α-hetero) is 1. The van der Waals surface area contributed by atoms with E-state index in [1.807, 2.05) is 25.1 Å². The molecule has 138 valence electrons. The molecular formula is C21H26N2O3. The van der Waals surface area contributed by atoms with Gasteiger partial charge in [0.2, 0.25) is 0 Å². The molecule has 1 aliphatic heterocycles. The molecule has 5 nitrogen and oxygen atoms in total. The monoisotopic (exact) mass is 354 g/mol. The highest BCUT2D eigenvalue weighted by molar-refractivity contribution is 6.11. The summed E-state index contributed by atoms with van der Waals surface area (Å²) in [5.41, 5.74) is 2.35. The number of carbonyl (C=O) groups excluding carboxylic acids is 3. The smallest absolute Gasteiger partial charge is 0.323 e. The van der Waals surface area contributed by atoms with Crippen LogP contribution in [0, 0.1) is 5.92 Å². The number of aryl methyl sites for hydroxylation is 2. The van der Waals surface area contributed by atoms with Gasteiger partial charge in [0.05, 0.1) is 6.54 Å². The van der Waals surface area contributed by atoms with Gasteiger partial charge in [-0.2, -0.15) is 0 Å². The Balaban J connectivity index is 1.52. The summed E-state index contributed by atoms with van der Waals surface area (Å²) in [6.45, 7) is 1.85. The zero-order chi connectivity index (χ0) is 18.3. The van der Waals surface area contributed by atoms with Crippen LogP contribution in [0.1, 0.15) is 66.9 Å². The van der Waals surface area contributed by atoms with Crippen LogP contribution in [-0.4, -0.2) is 34.7 Å². The van der Waals surface area contributed by atoms with Gasteiger partial charge in [-0.1, -0.05) is 31.9 Å². The summed E-state index contributed by atoms with van der Waals surface area (Å²) in [4.78, 5) is 39.3. The fraction of sp³-hybridized carbons (Fsp3) is 0.571. The number of benzene rings is 1. The Bertz CT molecular complexity index is 773. The number of hydrogen-bond donors (Lipinski definition) is 1. The first-order valence-electron chi connectivity index (χ1n) is 9.80. The van der Waals surface area contributed by atoms with Crippen LogP contribution >= 0.6 is 0 Å². The molecule has 2 fully saturated rings. The first-order valence-corrected chi connectivity index (χ1v) is 9.80. The minimum absolute atomic E-state index is 0.108. The Labute approximate surface area is 154 Å². The number of ketones is 1. The molecule has 0 unspecified atom stereocenters. The minimum Gasteiger partial charge on any atom is -0.323 e. The van der Waals surface area contributed by atoms with E-state index in [9.17, 15) is 14.4 Å². The predicted molar refractivity (Wildman–Crippen MR) is 98.0 cm³/mol. The van der Waals surface area contributed by atoms with Crippen molar-refractivity contribution in [3.8, 4) is 0 Å². The second kappa shape index (κ2) is 6.53. The van der Waals surface area contributed by atoms with Gasteiger partial charge < -0.3 is 5.32 Å². The lowest BCUT2D eigenvalue weighted by atomic mass is 9.73. The lowest BCUT2D eigenvalue weighted by Gasteiger charge is -2.36. The van der Waals surface area contributed by atoms with E-state index in [-0.39, 0.29) is 24.2 Å². The van der Waals surface area contributed by atoms with Crippen molar-refractivity contribution in [2.75, 3.05) is 6.54 Å². The number of carbonyl (C=O) groups is 3. The molecule has 5 heteroatoms. The van der Waals surface area contributed by atoms with Gasteiger partial charge in [0.1, 0.15) is 5.54 Å². The molecule has 0 aromatic heterocycles. The van der Waals surface area contributed by atoms with Crippen LogP contribution in [0.5, 0.6) is 0 Å². The molecule has 0 radical (unpaired) electrons. The largest absolute Gasteiger partial charge is 0.325 e. The lowest BCUT2D eigenvalue weighted by molar-refractivity contribution is -0.133. The third-order valence-electron chi connectivity index (χ3n) is 6.47. The quantitative estimate of drug-likeness (QED) is 0.669. The zero-order valence-electron chi connectivity index (χ0n) is 15.3. The SMILES string of the molecule is C[C@H]1CCCC[C@@]12NC(=O)N(CC(=O)c1ccc3c(c1)CCCC3)C2=O. The van der Waals surface area contributed by atoms with Crippen molar-refractivity contribution >= 4 is 17.7 Å². The highest BCUT2D eigenvalue weighted by atomic mass is 16.2. The van der Waals surface area contributed by atoms with Gasteiger partial charge in [0.15, 0.2) is 5.78 Å². The third kappa shape index (κ3) is 2.74. The number of hydrogen-bond acceptors (Lipinski definition) is 3.